The van der Waals surface area contributed by atoms with Crippen LogP contribution in [0.3, 0.4) is 0 Å². The predicted molar refractivity (Wildman–Crippen MR) is 69.3 cm³/mol. The molecule has 94 valence electrons. The highest BCUT2D eigenvalue weighted by Gasteiger charge is 2.38. The summed E-state index contributed by atoms with van der Waals surface area (Å²) in [5.41, 5.74) is 1.10. The van der Waals surface area contributed by atoms with E-state index in [1.54, 1.807) is 0 Å². The molecule has 0 aromatic carbocycles. The summed E-state index contributed by atoms with van der Waals surface area (Å²) >= 11 is 0. The number of nitrogens with zero attached hydrogens (tertiary/aromatic N) is 1. The van der Waals surface area contributed by atoms with Crippen molar-refractivity contribution >= 4 is 0 Å². The van der Waals surface area contributed by atoms with Crippen molar-refractivity contribution in [1.82, 2.24) is 10.3 Å². The first-order valence-electron chi connectivity index (χ1n) is 6.56. The zero-order valence-electron chi connectivity index (χ0n) is 10.8. The molecule has 17 heavy (non-hydrogen) atoms. The fourth-order valence-electron chi connectivity index (χ4n) is 2.23. The molecule has 0 unspecified atom stereocenters. The highest BCUT2D eigenvalue weighted by molar-refractivity contribution is 5.20. The molecule has 1 heterocycles. The molecule has 3 heteroatoms. The van der Waals surface area contributed by atoms with Crippen LogP contribution in [0.25, 0.3) is 0 Å². The summed E-state index contributed by atoms with van der Waals surface area (Å²) < 4.78 is 6.14. The van der Waals surface area contributed by atoms with Gasteiger partial charge in [-0.15, -0.1) is 0 Å². The number of rotatable bonds is 6. The number of aromatic nitrogens is 1. The van der Waals surface area contributed by atoms with Gasteiger partial charge in [0.15, 0.2) is 0 Å². The van der Waals surface area contributed by atoms with Crippen LogP contribution in [0.1, 0.15) is 38.3 Å². The maximum atomic E-state index is 6.14. The number of aryl methyl sites for hydroxylation is 1. The average molecular weight is 234 g/mol. The van der Waals surface area contributed by atoms with Gasteiger partial charge in [-0.05, 0) is 57.8 Å². The highest BCUT2D eigenvalue weighted by atomic mass is 16.5. The minimum Gasteiger partial charge on any atom is -0.486 e. The average Bonchev–Trinajstić information content (AvgIpc) is 2.29. The quantitative estimate of drug-likeness (QED) is 0.768. The Morgan fingerprint density at radius 3 is 2.76 bits per heavy atom. The third-order valence-electron chi connectivity index (χ3n) is 3.49. The van der Waals surface area contributed by atoms with Gasteiger partial charge in [-0.25, -0.2) is 0 Å². The van der Waals surface area contributed by atoms with Crippen molar-refractivity contribution < 1.29 is 4.74 Å². The predicted octanol–water partition coefficient (Wildman–Crippen LogP) is 2.69. The van der Waals surface area contributed by atoms with E-state index in [4.69, 9.17) is 4.74 Å². The molecule has 2 rings (SSSR count). The van der Waals surface area contributed by atoms with Crippen LogP contribution in [0.15, 0.2) is 18.3 Å². The van der Waals surface area contributed by atoms with Crippen LogP contribution < -0.4 is 10.1 Å². The van der Waals surface area contributed by atoms with Crippen LogP contribution in [0.2, 0.25) is 0 Å². The van der Waals surface area contributed by atoms with Crippen LogP contribution in [0.5, 0.6) is 5.75 Å². The van der Waals surface area contributed by atoms with Crippen LogP contribution in [-0.4, -0.2) is 23.7 Å². The van der Waals surface area contributed by atoms with Gasteiger partial charge in [0.05, 0.1) is 6.20 Å². The van der Waals surface area contributed by atoms with E-state index in [-0.39, 0.29) is 5.60 Å². The Morgan fingerprint density at radius 2 is 2.24 bits per heavy atom. The normalized spacial score (nSPS) is 17.5. The summed E-state index contributed by atoms with van der Waals surface area (Å²) in [6, 6.07) is 4.03. The fraction of sp³-hybridized carbons (Fsp3) is 0.643. The second-order valence-corrected chi connectivity index (χ2v) is 4.88. The number of pyridine rings is 1. The molecular formula is C14H22N2O. The van der Waals surface area contributed by atoms with Crippen molar-refractivity contribution in [3.05, 3.63) is 24.0 Å². The summed E-state index contributed by atoms with van der Waals surface area (Å²) in [5.74, 6) is 0.909. The molecule has 1 N–H and O–H groups in total. The zero-order chi connectivity index (χ0) is 12.1. The van der Waals surface area contributed by atoms with Crippen molar-refractivity contribution in [3.63, 3.8) is 0 Å². The minimum atomic E-state index is 0.0686. The number of nitrogens with one attached hydrogen (secondary N) is 1. The third-order valence-corrected chi connectivity index (χ3v) is 3.49. The lowest BCUT2D eigenvalue weighted by Crippen LogP contribution is -2.45. The van der Waals surface area contributed by atoms with Gasteiger partial charge < -0.3 is 10.1 Å². The monoisotopic (exact) mass is 234 g/mol. The second kappa shape index (κ2) is 5.50. The van der Waals surface area contributed by atoms with Crippen LogP contribution in [-0.2, 0) is 0 Å². The third kappa shape index (κ3) is 3.19. The Bertz CT molecular complexity index is 344. The first-order valence-corrected chi connectivity index (χ1v) is 6.56. The van der Waals surface area contributed by atoms with E-state index < -0.39 is 0 Å². The lowest BCUT2D eigenvalue weighted by Gasteiger charge is -2.42. The van der Waals surface area contributed by atoms with Gasteiger partial charge in [-0.3, -0.25) is 4.98 Å². The minimum absolute atomic E-state index is 0.0686. The lowest BCUT2D eigenvalue weighted by atomic mass is 9.77. The molecule has 0 atom stereocenters. The van der Waals surface area contributed by atoms with Crippen LogP contribution >= 0.6 is 0 Å². The van der Waals surface area contributed by atoms with E-state index in [2.05, 4.69) is 17.2 Å². The van der Waals surface area contributed by atoms with Gasteiger partial charge in [-0.1, -0.05) is 6.92 Å². The van der Waals surface area contributed by atoms with Crippen molar-refractivity contribution in [3.8, 4) is 5.75 Å². The molecule has 0 spiro atoms. The SMILES string of the molecule is CCNCCC1(Oc2ccc(C)nc2)CCC1. The van der Waals surface area contributed by atoms with Crippen molar-refractivity contribution in [2.45, 2.75) is 45.1 Å². The first kappa shape index (κ1) is 12.4. The molecule has 1 aromatic rings. The number of hydrogen-bond donors (Lipinski definition) is 1. The Hall–Kier alpha value is -1.09. The second-order valence-electron chi connectivity index (χ2n) is 4.88. The number of hydrogen-bond acceptors (Lipinski definition) is 3. The Labute approximate surface area is 104 Å². The molecule has 1 aliphatic carbocycles. The highest BCUT2D eigenvalue weighted by Crippen LogP contribution is 2.38. The Balaban J connectivity index is 1.92. The summed E-state index contributed by atoms with van der Waals surface area (Å²) in [6.07, 6.45) is 6.56. The van der Waals surface area contributed by atoms with Crippen molar-refractivity contribution in [1.29, 1.82) is 0 Å². The van der Waals surface area contributed by atoms with E-state index in [0.29, 0.717) is 0 Å². The molecule has 0 saturated heterocycles. The first-order chi connectivity index (χ1) is 8.24. The smallest absolute Gasteiger partial charge is 0.138 e. The van der Waals surface area contributed by atoms with E-state index in [1.807, 2.05) is 25.3 Å². The topological polar surface area (TPSA) is 34.1 Å². The van der Waals surface area contributed by atoms with E-state index in [9.17, 15) is 0 Å². The molecule has 0 aliphatic heterocycles. The molecule has 1 fully saturated rings. The lowest BCUT2D eigenvalue weighted by molar-refractivity contribution is -0.0144. The van der Waals surface area contributed by atoms with Gasteiger partial charge >= 0.3 is 0 Å². The van der Waals surface area contributed by atoms with Gasteiger partial charge in [-0.2, -0.15) is 0 Å². The maximum absolute atomic E-state index is 6.14. The van der Waals surface area contributed by atoms with Gasteiger partial charge in [0.25, 0.3) is 0 Å². The summed E-state index contributed by atoms with van der Waals surface area (Å²) in [5, 5.41) is 3.37. The molecule has 3 nitrogen and oxygen atoms in total. The van der Waals surface area contributed by atoms with Gasteiger partial charge in [0, 0.05) is 5.69 Å². The zero-order valence-corrected chi connectivity index (χ0v) is 10.8. The molecule has 1 aromatic heterocycles. The molecule has 1 aliphatic rings. The molecule has 0 amide bonds. The maximum Gasteiger partial charge on any atom is 0.138 e. The van der Waals surface area contributed by atoms with E-state index in [0.717, 1.165) is 31.0 Å². The van der Waals surface area contributed by atoms with E-state index >= 15 is 0 Å². The molecule has 0 radical (unpaired) electrons. The largest absolute Gasteiger partial charge is 0.486 e. The summed E-state index contributed by atoms with van der Waals surface area (Å²) in [4.78, 5) is 4.28. The fourth-order valence-corrected chi connectivity index (χ4v) is 2.23. The molecule has 1 saturated carbocycles. The standard InChI is InChI=1S/C14H22N2O/c1-3-15-10-9-14(7-4-8-14)17-13-6-5-12(2)16-11-13/h5-6,11,15H,3-4,7-10H2,1-2H3. The van der Waals surface area contributed by atoms with E-state index in [1.165, 1.54) is 19.3 Å². The van der Waals surface area contributed by atoms with Gasteiger partial charge in [0.1, 0.15) is 11.4 Å². The van der Waals surface area contributed by atoms with Gasteiger partial charge in [0.2, 0.25) is 0 Å². The van der Waals surface area contributed by atoms with Crippen LogP contribution in [0, 0.1) is 6.92 Å². The molecule has 0 bridgehead atoms. The van der Waals surface area contributed by atoms with Crippen molar-refractivity contribution in [2.24, 2.45) is 0 Å². The Kier molecular flexibility index (Phi) is 4.00. The Morgan fingerprint density at radius 1 is 1.41 bits per heavy atom. The number of ether oxygens (including phenoxy) is 1. The summed E-state index contributed by atoms with van der Waals surface area (Å²) in [6.45, 7) is 6.20. The summed E-state index contributed by atoms with van der Waals surface area (Å²) in [7, 11) is 0. The molecular weight excluding hydrogens is 212 g/mol. The van der Waals surface area contributed by atoms with Crippen LogP contribution in [0.4, 0.5) is 0 Å². The van der Waals surface area contributed by atoms with Crippen molar-refractivity contribution in [2.75, 3.05) is 13.1 Å².